The number of hydrogen-bond donors (Lipinski definition) is 0. The van der Waals surface area contributed by atoms with E-state index >= 15 is 0 Å². The summed E-state index contributed by atoms with van der Waals surface area (Å²) in [6, 6.07) is 0. The molecule has 0 bridgehead atoms. The molecule has 0 aromatic rings. The zero-order valence-electron chi connectivity index (χ0n) is 14.4. The molecule has 0 radical (unpaired) electrons. The number of hydrogen-bond acceptors (Lipinski definition) is 5. The van der Waals surface area contributed by atoms with Crippen molar-refractivity contribution in [2.75, 3.05) is 33.0 Å². The Morgan fingerprint density at radius 1 is 1.17 bits per heavy atom. The van der Waals surface area contributed by atoms with Crippen LogP contribution in [0, 0.1) is 5.92 Å². The van der Waals surface area contributed by atoms with Crippen LogP contribution in [0.1, 0.15) is 45.4 Å². The van der Waals surface area contributed by atoms with Gasteiger partial charge in [-0.2, -0.15) is 0 Å². The number of ether oxygens (including phenoxy) is 2. The Kier molecular flexibility index (Phi) is 5.72. The second-order valence-electron chi connectivity index (χ2n) is 7.22. The van der Waals surface area contributed by atoms with Crippen LogP contribution in [0.4, 0.5) is 8.78 Å². The molecule has 1 unspecified atom stereocenters. The van der Waals surface area contributed by atoms with Crippen LogP contribution in [0.25, 0.3) is 0 Å². The molecule has 0 spiro atoms. The van der Waals surface area contributed by atoms with Crippen LogP contribution in [0.5, 0.6) is 0 Å². The van der Waals surface area contributed by atoms with E-state index in [1.165, 1.54) is 0 Å². The Bertz CT molecular complexity index is 434. The third kappa shape index (κ3) is 4.24. The van der Waals surface area contributed by atoms with Gasteiger partial charge in [0.1, 0.15) is 6.73 Å². The first kappa shape index (κ1) is 18.0. The summed E-state index contributed by atoms with van der Waals surface area (Å²) in [5.74, 6) is -2.59. The lowest BCUT2D eigenvalue weighted by molar-refractivity contribution is -0.175. The van der Waals surface area contributed by atoms with Crippen molar-refractivity contribution in [3.8, 4) is 0 Å². The maximum absolute atomic E-state index is 13.1. The van der Waals surface area contributed by atoms with Crippen molar-refractivity contribution in [2.24, 2.45) is 5.92 Å². The number of likely N-dealkylation sites (tertiary alicyclic amines) is 2. The molecule has 0 aromatic heterocycles. The van der Waals surface area contributed by atoms with E-state index in [1.807, 2.05) is 11.8 Å². The molecule has 2 heterocycles. The minimum Gasteiger partial charge on any atom is -0.466 e. The van der Waals surface area contributed by atoms with Crippen molar-refractivity contribution >= 4 is 5.97 Å². The summed E-state index contributed by atoms with van der Waals surface area (Å²) in [6.07, 6.45) is 5.58. The van der Waals surface area contributed by atoms with Gasteiger partial charge in [-0.3, -0.25) is 14.6 Å². The van der Waals surface area contributed by atoms with Gasteiger partial charge in [0.25, 0.3) is 5.92 Å². The van der Waals surface area contributed by atoms with Gasteiger partial charge in [-0.15, -0.1) is 0 Å². The monoisotopic (exact) mass is 346 g/mol. The summed E-state index contributed by atoms with van der Waals surface area (Å²) in [6.45, 7) is 3.41. The first-order valence-corrected chi connectivity index (χ1v) is 9.12. The molecule has 0 aromatic carbocycles. The molecular weight excluding hydrogens is 318 g/mol. The van der Waals surface area contributed by atoms with Gasteiger partial charge in [-0.25, -0.2) is 8.78 Å². The van der Waals surface area contributed by atoms with E-state index in [9.17, 15) is 13.6 Å². The van der Waals surface area contributed by atoms with Gasteiger partial charge in [0.2, 0.25) is 0 Å². The van der Waals surface area contributed by atoms with E-state index in [-0.39, 0.29) is 37.2 Å². The van der Waals surface area contributed by atoms with E-state index in [0.29, 0.717) is 13.3 Å². The molecule has 0 N–H and O–H groups in total. The third-order valence-electron chi connectivity index (χ3n) is 5.39. The Morgan fingerprint density at radius 2 is 1.88 bits per heavy atom. The third-order valence-corrected chi connectivity index (χ3v) is 5.39. The van der Waals surface area contributed by atoms with Crippen LogP contribution in [-0.2, 0) is 14.3 Å². The van der Waals surface area contributed by atoms with Crippen molar-refractivity contribution < 1.29 is 23.0 Å². The predicted molar refractivity (Wildman–Crippen MR) is 84.6 cm³/mol. The molecule has 7 heteroatoms. The molecule has 2 saturated heterocycles. The number of esters is 1. The van der Waals surface area contributed by atoms with E-state index in [2.05, 4.69) is 4.90 Å². The second-order valence-corrected chi connectivity index (χ2v) is 7.22. The molecule has 0 amide bonds. The minimum absolute atomic E-state index is 0.00709. The van der Waals surface area contributed by atoms with Crippen molar-refractivity contribution in [3.05, 3.63) is 0 Å². The van der Waals surface area contributed by atoms with Gasteiger partial charge in [-0.05, 0) is 45.4 Å². The van der Waals surface area contributed by atoms with Gasteiger partial charge in [0.15, 0.2) is 0 Å². The lowest BCUT2D eigenvalue weighted by Crippen LogP contribution is -2.62. The minimum atomic E-state index is -2.51. The molecule has 24 heavy (non-hydrogen) atoms. The van der Waals surface area contributed by atoms with Crippen molar-refractivity contribution in [3.63, 3.8) is 0 Å². The van der Waals surface area contributed by atoms with Gasteiger partial charge in [0, 0.05) is 6.54 Å². The normalized spacial score (nSPS) is 34.0. The van der Waals surface area contributed by atoms with Crippen molar-refractivity contribution in [2.45, 2.75) is 63.6 Å². The number of carbonyl (C=O) groups is 1. The van der Waals surface area contributed by atoms with E-state index in [1.54, 1.807) is 0 Å². The smallest absolute Gasteiger partial charge is 0.308 e. The molecule has 2 aliphatic heterocycles. The lowest BCUT2D eigenvalue weighted by Gasteiger charge is -2.45. The highest BCUT2D eigenvalue weighted by Crippen LogP contribution is 2.34. The Morgan fingerprint density at radius 3 is 2.50 bits per heavy atom. The molecule has 1 aliphatic carbocycles. The molecule has 5 nitrogen and oxygen atoms in total. The highest BCUT2D eigenvalue weighted by molar-refractivity contribution is 5.72. The van der Waals surface area contributed by atoms with Gasteiger partial charge >= 0.3 is 5.97 Å². The van der Waals surface area contributed by atoms with E-state index < -0.39 is 5.92 Å². The van der Waals surface area contributed by atoms with Crippen LogP contribution >= 0.6 is 0 Å². The fraction of sp³-hybridized carbons (Fsp3) is 0.941. The quantitative estimate of drug-likeness (QED) is 0.691. The summed E-state index contributed by atoms with van der Waals surface area (Å²) < 4.78 is 37.2. The molecule has 3 aliphatic rings. The van der Waals surface area contributed by atoms with Gasteiger partial charge in [0.05, 0.1) is 37.9 Å². The van der Waals surface area contributed by atoms with Crippen LogP contribution in [0.2, 0.25) is 0 Å². The average Bonchev–Trinajstić information content (AvgIpc) is 2.99. The number of carbonyl (C=O) groups excluding carboxylic acids is 1. The maximum Gasteiger partial charge on any atom is 0.308 e. The Balaban J connectivity index is 1.38. The largest absolute Gasteiger partial charge is 0.466 e. The maximum atomic E-state index is 13.1. The number of nitrogens with zero attached hydrogens (tertiary/aromatic N) is 2. The van der Waals surface area contributed by atoms with Crippen LogP contribution < -0.4 is 0 Å². The zero-order chi connectivity index (χ0) is 17.2. The van der Waals surface area contributed by atoms with Crippen LogP contribution in [-0.4, -0.2) is 66.9 Å². The molecule has 1 atom stereocenters. The molecule has 1 saturated carbocycles. The van der Waals surface area contributed by atoms with Crippen LogP contribution in [0.15, 0.2) is 0 Å². The topological polar surface area (TPSA) is 42.0 Å². The lowest BCUT2D eigenvalue weighted by atomic mass is 9.87. The standard InChI is InChI=1S/C17H28F2N2O3/c1-2-23-16(22)13-5-7-14(8-6-13)24-12-20-9-3-4-15(20)21-10-17(18,19)11-21/h13-15H,2-12H2,1H3. The predicted octanol–water partition coefficient (Wildman–Crippen LogP) is 2.46. The fourth-order valence-corrected chi connectivity index (χ4v) is 4.06. The zero-order valence-corrected chi connectivity index (χ0v) is 14.4. The molecule has 138 valence electrons. The molecule has 3 fully saturated rings. The Labute approximate surface area is 142 Å². The highest BCUT2D eigenvalue weighted by atomic mass is 19.3. The fourth-order valence-electron chi connectivity index (χ4n) is 4.06. The summed E-state index contributed by atoms with van der Waals surface area (Å²) >= 11 is 0. The van der Waals surface area contributed by atoms with Crippen molar-refractivity contribution in [1.29, 1.82) is 0 Å². The highest BCUT2D eigenvalue weighted by Gasteiger charge is 2.48. The molecular formula is C17H28F2N2O3. The van der Waals surface area contributed by atoms with E-state index in [4.69, 9.17) is 9.47 Å². The van der Waals surface area contributed by atoms with Crippen LogP contribution in [0.3, 0.4) is 0 Å². The first-order valence-electron chi connectivity index (χ1n) is 9.12. The first-order chi connectivity index (χ1) is 11.5. The van der Waals surface area contributed by atoms with Gasteiger partial charge < -0.3 is 9.47 Å². The number of alkyl halides is 2. The van der Waals surface area contributed by atoms with Gasteiger partial charge in [-0.1, -0.05) is 0 Å². The summed E-state index contributed by atoms with van der Waals surface area (Å²) in [5.41, 5.74) is 0. The Hall–Kier alpha value is -0.790. The average molecular weight is 346 g/mol. The summed E-state index contributed by atoms with van der Waals surface area (Å²) in [4.78, 5) is 15.8. The SMILES string of the molecule is CCOC(=O)C1CCC(OCN2CCCC2N2CC(F)(F)C2)CC1. The molecule has 3 rings (SSSR count). The van der Waals surface area contributed by atoms with Crippen molar-refractivity contribution in [1.82, 2.24) is 9.80 Å². The summed E-state index contributed by atoms with van der Waals surface area (Å²) in [7, 11) is 0. The number of halogens is 2. The van der Waals surface area contributed by atoms with E-state index in [0.717, 1.165) is 45.1 Å². The second kappa shape index (κ2) is 7.62. The summed E-state index contributed by atoms with van der Waals surface area (Å²) in [5, 5.41) is 0. The number of rotatable bonds is 6.